The quantitative estimate of drug-likeness (QED) is 0.215. The van der Waals surface area contributed by atoms with Crippen LogP contribution in [0.25, 0.3) is 71.6 Å². The van der Waals surface area contributed by atoms with Crippen LogP contribution in [0.1, 0.15) is 5.56 Å². The number of rotatable bonds is 4. The van der Waals surface area contributed by atoms with Crippen LogP contribution in [0.4, 0.5) is 5.69 Å². The van der Waals surface area contributed by atoms with Gasteiger partial charge in [0.1, 0.15) is 11.2 Å². The van der Waals surface area contributed by atoms with E-state index in [1.807, 2.05) is 30.3 Å². The average molecular weight is 525 g/mol. The van der Waals surface area contributed by atoms with Gasteiger partial charge in [-0.3, -0.25) is 9.97 Å². The fraction of sp³-hybridized carbons (Fsp3) is 0. The normalized spacial score (nSPS) is 10.9. The van der Waals surface area contributed by atoms with Crippen molar-refractivity contribution in [3.63, 3.8) is 0 Å². The number of hydrogen-bond acceptors (Lipinski definition) is 4. The molecule has 41 heavy (non-hydrogen) atoms. The molecule has 4 aromatic carbocycles. The van der Waals surface area contributed by atoms with Crippen LogP contribution in [0, 0.1) is 17.9 Å². The topological polar surface area (TPSA) is 67.1 Å². The highest BCUT2D eigenvalue weighted by atomic mass is 16.3. The molecule has 3 aromatic heterocycles. The summed E-state index contributed by atoms with van der Waals surface area (Å²) >= 11 is 0. The Morgan fingerprint density at radius 1 is 0.585 bits per heavy atom. The molecule has 0 unspecified atom stereocenters. The Bertz CT molecular complexity index is 2040. The lowest BCUT2D eigenvalue weighted by Gasteiger charge is -2.06. The second-order valence-corrected chi connectivity index (χ2v) is 9.74. The fourth-order valence-corrected chi connectivity index (χ4v) is 5.16. The number of nitrogens with zero attached hydrogens (tertiary/aromatic N) is 4. The summed E-state index contributed by atoms with van der Waals surface area (Å²) in [6, 6.07) is 38.1. The molecule has 0 aliphatic rings. The minimum absolute atomic E-state index is 0.570. The molecule has 0 amide bonds. The number of fused-ring (bicyclic) bond motifs is 3. The van der Waals surface area contributed by atoms with Crippen LogP contribution < -0.4 is 0 Å². The van der Waals surface area contributed by atoms with Gasteiger partial charge in [-0.15, -0.1) is 0 Å². The first kappa shape index (κ1) is 24.0. The van der Waals surface area contributed by atoms with E-state index in [0.717, 1.165) is 66.7 Å². The lowest BCUT2D eigenvalue weighted by Crippen LogP contribution is -1.86. The Morgan fingerprint density at radius 2 is 1.12 bits per heavy atom. The molecule has 0 saturated heterocycles. The van der Waals surface area contributed by atoms with Gasteiger partial charge in [-0.05, 0) is 88.5 Å². The molecule has 0 aliphatic carbocycles. The van der Waals surface area contributed by atoms with Gasteiger partial charge in [0.25, 0.3) is 0 Å². The third-order valence-electron chi connectivity index (χ3n) is 7.22. The molecule has 0 radical (unpaired) electrons. The van der Waals surface area contributed by atoms with Gasteiger partial charge in [-0.1, -0.05) is 48.5 Å². The average Bonchev–Trinajstić information content (AvgIpc) is 3.42. The number of nitriles is 1. The van der Waals surface area contributed by atoms with E-state index in [1.54, 1.807) is 30.6 Å². The first-order chi connectivity index (χ1) is 20.2. The molecule has 5 nitrogen and oxygen atoms in total. The zero-order valence-electron chi connectivity index (χ0n) is 21.7. The van der Waals surface area contributed by atoms with Gasteiger partial charge in [0.15, 0.2) is 5.69 Å². The van der Waals surface area contributed by atoms with E-state index in [2.05, 4.69) is 81.5 Å². The zero-order valence-corrected chi connectivity index (χ0v) is 21.7. The van der Waals surface area contributed by atoms with Gasteiger partial charge in [0, 0.05) is 28.7 Å². The summed E-state index contributed by atoms with van der Waals surface area (Å²) in [6.45, 7) is 7.30. The van der Waals surface area contributed by atoms with Crippen molar-refractivity contribution in [1.82, 2.24) is 9.97 Å². The van der Waals surface area contributed by atoms with E-state index in [4.69, 9.17) is 11.0 Å². The van der Waals surface area contributed by atoms with E-state index in [-0.39, 0.29) is 0 Å². The van der Waals surface area contributed by atoms with Crippen molar-refractivity contribution >= 4 is 27.6 Å². The van der Waals surface area contributed by atoms with Gasteiger partial charge in [-0.25, -0.2) is 4.85 Å². The van der Waals surface area contributed by atoms with Gasteiger partial charge in [0.2, 0.25) is 0 Å². The maximum atomic E-state index is 9.26. The zero-order chi connectivity index (χ0) is 27.8. The van der Waals surface area contributed by atoms with Crippen molar-refractivity contribution in [2.45, 2.75) is 0 Å². The Labute approximate surface area is 236 Å². The second-order valence-electron chi connectivity index (χ2n) is 9.74. The largest absolute Gasteiger partial charge is 0.456 e. The van der Waals surface area contributed by atoms with Crippen LogP contribution in [0.15, 0.2) is 126 Å². The smallest absolute Gasteiger partial charge is 0.190 e. The summed E-state index contributed by atoms with van der Waals surface area (Å²) in [5.41, 5.74) is 10.4. The molecule has 0 bridgehead atoms. The van der Waals surface area contributed by atoms with Crippen LogP contribution in [-0.2, 0) is 0 Å². The third kappa shape index (κ3) is 4.48. The van der Waals surface area contributed by atoms with E-state index in [1.165, 1.54) is 0 Å². The lowest BCUT2D eigenvalue weighted by molar-refractivity contribution is 0.669. The maximum absolute atomic E-state index is 9.26. The molecular formula is C36H20N4O. The molecule has 0 N–H and O–H groups in total. The molecule has 190 valence electrons. The van der Waals surface area contributed by atoms with Crippen molar-refractivity contribution in [1.29, 1.82) is 5.26 Å². The van der Waals surface area contributed by atoms with Crippen molar-refractivity contribution < 1.29 is 4.42 Å². The molecule has 7 aromatic rings. The van der Waals surface area contributed by atoms with Gasteiger partial charge < -0.3 is 4.42 Å². The summed E-state index contributed by atoms with van der Waals surface area (Å²) in [7, 11) is 0. The van der Waals surface area contributed by atoms with Gasteiger partial charge in [-0.2, -0.15) is 5.26 Å². The summed E-state index contributed by atoms with van der Waals surface area (Å²) in [5, 5.41) is 11.4. The highest BCUT2D eigenvalue weighted by Crippen LogP contribution is 2.36. The molecule has 7 rings (SSSR count). The molecule has 0 spiro atoms. The third-order valence-corrected chi connectivity index (χ3v) is 7.22. The van der Waals surface area contributed by atoms with E-state index in [0.29, 0.717) is 11.3 Å². The second kappa shape index (κ2) is 9.93. The number of hydrogen-bond donors (Lipinski definition) is 0. The van der Waals surface area contributed by atoms with E-state index in [9.17, 15) is 5.26 Å². The lowest BCUT2D eigenvalue weighted by atomic mass is 9.99. The first-order valence-electron chi connectivity index (χ1n) is 13.1. The Hall–Kier alpha value is -6.04. The SMILES string of the molecule is [C-]#[N+]c1ccnc(-c2cccc(-c3ccc4c(c3)oc3cc(-c5cccc(-c6cc(C#N)ccn6)c5)ccc34)c2)c1. The predicted octanol–water partition coefficient (Wildman–Crippen LogP) is 9.47. The minimum Gasteiger partial charge on any atom is -0.456 e. The van der Waals surface area contributed by atoms with Crippen LogP contribution in [-0.4, -0.2) is 9.97 Å². The summed E-state index contributed by atoms with van der Waals surface area (Å²) in [5.74, 6) is 0. The molecule has 0 atom stereocenters. The van der Waals surface area contributed by atoms with E-state index < -0.39 is 0 Å². The van der Waals surface area contributed by atoms with Crippen molar-refractivity contribution in [3.05, 3.63) is 139 Å². The number of aromatic nitrogens is 2. The fourth-order valence-electron chi connectivity index (χ4n) is 5.16. The molecule has 5 heteroatoms. The first-order valence-corrected chi connectivity index (χ1v) is 13.1. The number of benzene rings is 4. The summed E-state index contributed by atoms with van der Waals surface area (Å²) in [4.78, 5) is 12.4. The van der Waals surface area contributed by atoms with Gasteiger partial charge in [0.05, 0.1) is 29.6 Å². The van der Waals surface area contributed by atoms with Crippen molar-refractivity contribution in [3.8, 4) is 50.8 Å². The molecule has 3 heterocycles. The predicted molar refractivity (Wildman–Crippen MR) is 162 cm³/mol. The highest BCUT2D eigenvalue weighted by Gasteiger charge is 2.12. The standard InChI is InChI=1S/C36H20N4O/c1-38-30-13-15-40-34(21-30)29-7-3-5-25(18-29)27-9-11-32-31-10-8-26(19-35(31)41-36(32)20-27)24-4-2-6-28(17-24)33-16-23(22-37)12-14-39-33/h2-21H. The highest BCUT2D eigenvalue weighted by molar-refractivity contribution is 6.07. The molecular weight excluding hydrogens is 504 g/mol. The summed E-state index contributed by atoms with van der Waals surface area (Å²) in [6.07, 6.45) is 3.33. The van der Waals surface area contributed by atoms with E-state index >= 15 is 0 Å². The van der Waals surface area contributed by atoms with Crippen LogP contribution >= 0.6 is 0 Å². The van der Waals surface area contributed by atoms with Crippen molar-refractivity contribution in [2.24, 2.45) is 0 Å². The van der Waals surface area contributed by atoms with Crippen molar-refractivity contribution in [2.75, 3.05) is 0 Å². The Kier molecular flexibility index (Phi) is 5.82. The monoisotopic (exact) mass is 524 g/mol. The minimum atomic E-state index is 0.570. The number of furan rings is 1. The molecule has 0 saturated carbocycles. The summed E-state index contributed by atoms with van der Waals surface area (Å²) < 4.78 is 6.37. The molecule has 0 fully saturated rings. The molecule has 0 aliphatic heterocycles. The Morgan fingerprint density at radius 3 is 1.71 bits per heavy atom. The maximum Gasteiger partial charge on any atom is 0.190 e. The van der Waals surface area contributed by atoms with Crippen LogP contribution in [0.2, 0.25) is 0 Å². The van der Waals surface area contributed by atoms with Crippen LogP contribution in [0.5, 0.6) is 0 Å². The Balaban J connectivity index is 1.25. The number of pyridine rings is 2. The van der Waals surface area contributed by atoms with Gasteiger partial charge >= 0.3 is 0 Å². The van der Waals surface area contributed by atoms with Crippen LogP contribution in [0.3, 0.4) is 0 Å².